The molecule has 0 spiro atoms. The highest BCUT2D eigenvalue weighted by Gasteiger charge is 2.29. The molecule has 0 saturated heterocycles. The highest BCUT2D eigenvalue weighted by atomic mass is 16.6. The lowest BCUT2D eigenvalue weighted by molar-refractivity contribution is -0.156. The Morgan fingerprint density at radius 2 is 1.29 bits per heavy atom. The Morgan fingerprint density at radius 3 is 1.76 bits per heavy atom. The molecule has 0 saturated carbocycles. The van der Waals surface area contributed by atoms with E-state index in [-0.39, 0.29) is 5.84 Å². The van der Waals surface area contributed by atoms with Crippen molar-refractivity contribution in [3.8, 4) is 0 Å². The summed E-state index contributed by atoms with van der Waals surface area (Å²) in [6.45, 7) is 1.21. The number of amidine groups is 2. The van der Waals surface area contributed by atoms with E-state index in [2.05, 4.69) is 15.7 Å². The molecular weight excluding hydrogens is 440 g/mol. The van der Waals surface area contributed by atoms with Gasteiger partial charge in [0.2, 0.25) is 11.8 Å². The number of carbonyl (C=O) groups excluding carboxylic acids is 3. The number of imide groups is 1. The summed E-state index contributed by atoms with van der Waals surface area (Å²) in [5, 5.41) is 11.3. The van der Waals surface area contributed by atoms with E-state index in [1.807, 2.05) is 24.3 Å². The molecule has 11 nitrogen and oxygen atoms in total. The molecule has 34 heavy (non-hydrogen) atoms. The topological polar surface area (TPSA) is 116 Å². The number of amides is 3. The van der Waals surface area contributed by atoms with Gasteiger partial charge >= 0.3 is 0 Å². The van der Waals surface area contributed by atoms with E-state index < -0.39 is 24.1 Å². The number of oxime groups is 2. The third kappa shape index (κ3) is 6.79. The van der Waals surface area contributed by atoms with Crippen LogP contribution >= 0.6 is 0 Å². The van der Waals surface area contributed by atoms with Gasteiger partial charge in [-0.3, -0.25) is 29.8 Å². The molecule has 0 atom stereocenters. The molecule has 3 amide bonds. The van der Waals surface area contributed by atoms with Crippen LogP contribution in [0.15, 0.2) is 71.0 Å². The monoisotopic (exact) mass is 468 g/mol. The predicted octanol–water partition coefficient (Wildman–Crippen LogP) is 1.58. The van der Waals surface area contributed by atoms with Crippen LogP contribution in [0.25, 0.3) is 0 Å². The minimum Gasteiger partial charge on any atom is -0.397 e. The van der Waals surface area contributed by atoms with Crippen LogP contribution in [0.5, 0.6) is 0 Å². The minimum atomic E-state index is -0.759. The predicted molar refractivity (Wildman–Crippen MR) is 126 cm³/mol. The summed E-state index contributed by atoms with van der Waals surface area (Å²) < 4.78 is 0. The third-order valence-electron chi connectivity index (χ3n) is 4.48. The Morgan fingerprint density at radius 1 is 0.824 bits per heavy atom. The maximum atomic E-state index is 13.0. The molecule has 0 fully saturated rings. The first kappa shape index (κ1) is 25.8. The fourth-order valence-corrected chi connectivity index (χ4v) is 3.09. The smallest absolute Gasteiger partial charge is 0.257 e. The van der Waals surface area contributed by atoms with Crippen LogP contribution in [-0.2, 0) is 24.1 Å². The summed E-state index contributed by atoms with van der Waals surface area (Å²) >= 11 is 0. The minimum absolute atomic E-state index is 0.211. The van der Waals surface area contributed by atoms with Gasteiger partial charge in [0, 0.05) is 32.1 Å². The van der Waals surface area contributed by atoms with Gasteiger partial charge < -0.3 is 9.68 Å². The molecule has 0 aliphatic rings. The van der Waals surface area contributed by atoms with Gasteiger partial charge in [-0.1, -0.05) is 71.0 Å². The van der Waals surface area contributed by atoms with Gasteiger partial charge in [-0.25, -0.2) is 0 Å². The number of nitrogens with one attached hydrogen (secondary N) is 1. The summed E-state index contributed by atoms with van der Waals surface area (Å²) in [4.78, 5) is 47.7. The van der Waals surface area contributed by atoms with Crippen molar-refractivity contribution < 1.29 is 24.1 Å². The summed E-state index contributed by atoms with van der Waals surface area (Å²) in [5.74, 6) is -1.48. The zero-order chi connectivity index (χ0) is 25.1. The standard InChI is InChI=1S/C23H28N6O5/c1-17(30)29(28(3)23(26-34-5)19-14-10-7-11-15-19)21(32)16-20(31)24-27(2)22(25-33-4)18-12-8-6-9-13-18/h6-15H,16H2,1-5H3,(H,24,31)/b25-22-,26-23+. The molecule has 0 aliphatic heterocycles. The highest BCUT2D eigenvalue weighted by Crippen LogP contribution is 2.10. The van der Waals surface area contributed by atoms with Crippen LogP contribution in [0, 0.1) is 0 Å². The highest BCUT2D eigenvalue weighted by molar-refractivity contribution is 6.07. The second-order valence-corrected chi connectivity index (χ2v) is 6.95. The number of rotatable bonds is 6. The van der Waals surface area contributed by atoms with Gasteiger partial charge in [-0.15, -0.1) is 0 Å². The maximum absolute atomic E-state index is 13.0. The quantitative estimate of drug-likeness (QED) is 0.296. The molecule has 2 aromatic carbocycles. The fourth-order valence-electron chi connectivity index (χ4n) is 3.09. The van der Waals surface area contributed by atoms with Crippen LogP contribution in [0.3, 0.4) is 0 Å². The molecule has 2 aromatic rings. The normalized spacial score (nSPS) is 11.3. The van der Waals surface area contributed by atoms with Gasteiger partial charge in [-0.05, 0) is 0 Å². The van der Waals surface area contributed by atoms with E-state index in [4.69, 9.17) is 9.68 Å². The number of carbonyl (C=O) groups is 3. The number of hydrogen-bond donors (Lipinski definition) is 1. The summed E-state index contributed by atoms with van der Waals surface area (Å²) in [7, 11) is 5.77. The SMILES string of the molecule is CO/N=C(/c1ccccc1)N(C)NC(=O)CC(=O)N(C(C)=O)N(C)/C(=N/OC)c1ccccc1. The lowest BCUT2D eigenvalue weighted by atomic mass is 10.2. The molecule has 0 unspecified atom stereocenters. The van der Waals surface area contributed by atoms with E-state index in [1.54, 1.807) is 43.4 Å². The van der Waals surface area contributed by atoms with E-state index in [1.165, 1.54) is 38.2 Å². The Bertz CT molecular complexity index is 1040. The van der Waals surface area contributed by atoms with Crippen LogP contribution < -0.4 is 5.43 Å². The Balaban J connectivity index is 2.17. The van der Waals surface area contributed by atoms with Crippen LogP contribution in [-0.4, -0.2) is 72.7 Å². The van der Waals surface area contributed by atoms with Crippen molar-refractivity contribution in [2.45, 2.75) is 13.3 Å². The number of benzene rings is 2. The average molecular weight is 469 g/mol. The second kappa shape index (κ2) is 12.6. The second-order valence-electron chi connectivity index (χ2n) is 6.95. The molecular formula is C23H28N6O5. The van der Waals surface area contributed by atoms with Crippen molar-refractivity contribution in [2.24, 2.45) is 10.3 Å². The first-order valence-corrected chi connectivity index (χ1v) is 10.2. The van der Waals surface area contributed by atoms with Gasteiger partial charge in [0.05, 0.1) is 0 Å². The Kier molecular flexibility index (Phi) is 9.56. The van der Waals surface area contributed by atoms with Gasteiger partial charge in [0.25, 0.3) is 5.91 Å². The van der Waals surface area contributed by atoms with Crippen molar-refractivity contribution in [3.63, 3.8) is 0 Å². The van der Waals surface area contributed by atoms with Gasteiger partial charge in [0.1, 0.15) is 20.6 Å². The van der Waals surface area contributed by atoms with Crippen LogP contribution in [0.4, 0.5) is 0 Å². The molecule has 180 valence electrons. The lowest BCUT2D eigenvalue weighted by Gasteiger charge is -2.31. The van der Waals surface area contributed by atoms with Crippen LogP contribution in [0.2, 0.25) is 0 Å². The maximum Gasteiger partial charge on any atom is 0.257 e. The van der Waals surface area contributed by atoms with E-state index in [0.717, 1.165) is 5.01 Å². The third-order valence-corrected chi connectivity index (χ3v) is 4.48. The first-order valence-electron chi connectivity index (χ1n) is 10.2. The van der Waals surface area contributed by atoms with E-state index >= 15 is 0 Å². The average Bonchev–Trinajstić information content (AvgIpc) is 2.81. The van der Waals surface area contributed by atoms with Gasteiger partial charge in [0.15, 0.2) is 11.7 Å². The lowest BCUT2D eigenvalue weighted by Crippen LogP contribution is -2.52. The molecule has 0 aliphatic carbocycles. The molecule has 0 heterocycles. The molecule has 1 N–H and O–H groups in total. The molecule has 0 radical (unpaired) electrons. The zero-order valence-corrected chi connectivity index (χ0v) is 19.8. The van der Waals surface area contributed by atoms with E-state index in [9.17, 15) is 14.4 Å². The van der Waals surface area contributed by atoms with Crippen molar-refractivity contribution in [3.05, 3.63) is 71.8 Å². The number of nitrogens with zero attached hydrogens (tertiary/aromatic N) is 5. The Labute approximate surface area is 198 Å². The fraction of sp³-hybridized carbons (Fsp3) is 0.261. The number of hydrogen-bond acceptors (Lipinski definition) is 7. The molecule has 0 aromatic heterocycles. The summed E-state index contributed by atoms with van der Waals surface area (Å²) in [5.41, 5.74) is 3.86. The molecule has 2 rings (SSSR count). The van der Waals surface area contributed by atoms with Crippen molar-refractivity contribution in [2.75, 3.05) is 28.3 Å². The van der Waals surface area contributed by atoms with Crippen molar-refractivity contribution in [1.82, 2.24) is 20.5 Å². The van der Waals surface area contributed by atoms with E-state index in [0.29, 0.717) is 17.0 Å². The molecule has 0 bridgehead atoms. The Hall–Kier alpha value is -4.41. The summed E-state index contributed by atoms with van der Waals surface area (Å²) in [6.07, 6.45) is -0.613. The van der Waals surface area contributed by atoms with Crippen molar-refractivity contribution >= 4 is 29.4 Å². The van der Waals surface area contributed by atoms with Crippen molar-refractivity contribution in [1.29, 1.82) is 0 Å². The summed E-state index contributed by atoms with van der Waals surface area (Å²) in [6, 6.07) is 17.9. The molecule has 11 heteroatoms. The van der Waals surface area contributed by atoms with Crippen LogP contribution in [0.1, 0.15) is 24.5 Å². The first-order chi connectivity index (χ1) is 16.3. The number of hydrazine groups is 2. The zero-order valence-electron chi connectivity index (χ0n) is 19.8. The van der Waals surface area contributed by atoms with Gasteiger partial charge in [-0.2, -0.15) is 5.01 Å². The largest absolute Gasteiger partial charge is 0.397 e.